The fourth-order valence-electron chi connectivity index (χ4n) is 2.37. The van der Waals surface area contributed by atoms with Crippen LogP contribution in [0.1, 0.15) is 41.3 Å². The molecule has 0 aliphatic carbocycles. The van der Waals surface area contributed by atoms with Gasteiger partial charge in [-0.25, -0.2) is 0 Å². The number of carbonyl (C=O) groups is 1. The average molecular weight is 262 g/mol. The lowest BCUT2D eigenvalue weighted by Gasteiger charge is -2.18. The van der Waals surface area contributed by atoms with Gasteiger partial charge in [-0.2, -0.15) is 0 Å². The normalized spacial score (nSPS) is 15.7. The molecule has 1 unspecified atom stereocenters. The molecule has 1 aliphatic rings. The van der Waals surface area contributed by atoms with Crippen molar-refractivity contribution in [2.24, 2.45) is 0 Å². The lowest BCUT2D eigenvalue weighted by molar-refractivity contribution is 0.0910. The molecular formula is C15H22N2O2. The summed E-state index contributed by atoms with van der Waals surface area (Å²) in [5, 5.41) is 15.7. The van der Waals surface area contributed by atoms with Gasteiger partial charge in [0.25, 0.3) is 5.91 Å². The van der Waals surface area contributed by atoms with Crippen molar-refractivity contribution in [3.05, 3.63) is 34.9 Å². The maximum atomic E-state index is 12.0. The highest BCUT2D eigenvalue weighted by Crippen LogP contribution is 2.15. The van der Waals surface area contributed by atoms with Crippen molar-refractivity contribution in [1.82, 2.24) is 10.6 Å². The number of aliphatic hydroxyl groups excluding tert-OH is 1. The van der Waals surface area contributed by atoms with Gasteiger partial charge in [-0.05, 0) is 42.6 Å². The van der Waals surface area contributed by atoms with Crippen molar-refractivity contribution < 1.29 is 9.90 Å². The van der Waals surface area contributed by atoms with Gasteiger partial charge in [0.05, 0.1) is 6.10 Å². The summed E-state index contributed by atoms with van der Waals surface area (Å²) in [5.74, 6) is -0.108. The van der Waals surface area contributed by atoms with Gasteiger partial charge in [-0.15, -0.1) is 0 Å². The van der Waals surface area contributed by atoms with Crippen molar-refractivity contribution in [1.29, 1.82) is 0 Å². The fraction of sp³-hybridized carbons (Fsp3) is 0.533. The molecule has 3 N–H and O–H groups in total. The molecule has 1 aromatic carbocycles. The van der Waals surface area contributed by atoms with Crippen LogP contribution in [0.5, 0.6) is 0 Å². The van der Waals surface area contributed by atoms with Crippen LogP contribution in [0.2, 0.25) is 0 Å². The number of amides is 1. The molecule has 1 aliphatic heterocycles. The zero-order valence-electron chi connectivity index (χ0n) is 11.4. The van der Waals surface area contributed by atoms with Crippen LogP contribution in [0.4, 0.5) is 0 Å². The van der Waals surface area contributed by atoms with E-state index in [0.29, 0.717) is 18.5 Å². The maximum Gasteiger partial charge on any atom is 0.251 e. The summed E-state index contributed by atoms with van der Waals surface area (Å²) < 4.78 is 0. The Morgan fingerprint density at radius 2 is 2.32 bits per heavy atom. The van der Waals surface area contributed by atoms with E-state index < -0.39 is 6.10 Å². The molecule has 1 aromatic rings. The number of fused-ring (bicyclic) bond motifs is 1. The van der Waals surface area contributed by atoms with Gasteiger partial charge in [0.15, 0.2) is 0 Å². The third-order valence-corrected chi connectivity index (χ3v) is 3.48. The van der Waals surface area contributed by atoms with E-state index in [4.69, 9.17) is 0 Å². The van der Waals surface area contributed by atoms with Gasteiger partial charge in [0.1, 0.15) is 0 Å². The standard InChI is InChI=1S/C15H22N2O2/c1-2-3-14(18)10-17-15(19)12-5-4-11-6-7-16-9-13(11)8-12/h4-5,8,14,16,18H,2-3,6-7,9-10H2,1H3,(H,17,19). The number of nitrogens with one attached hydrogen (secondary N) is 2. The summed E-state index contributed by atoms with van der Waals surface area (Å²) in [4.78, 5) is 12.0. The van der Waals surface area contributed by atoms with Gasteiger partial charge >= 0.3 is 0 Å². The summed E-state index contributed by atoms with van der Waals surface area (Å²) in [5.41, 5.74) is 3.19. The Labute approximate surface area is 114 Å². The lowest BCUT2D eigenvalue weighted by Crippen LogP contribution is -2.32. The van der Waals surface area contributed by atoms with Crippen molar-refractivity contribution in [3.63, 3.8) is 0 Å². The van der Waals surface area contributed by atoms with E-state index in [9.17, 15) is 9.90 Å². The summed E-state index contributed by atoms with van der Waals surface area (Å²) in [6.45, 7) is 4.17. The molecule has 4 nitrogen and oxygen atoms in total. The first kappa shape index (κ1) is 14.0. The minimum Gasteiger partial charge on any atom is -0.391 e. The Balaban J connectivity index is 1.95. The minimum atomic E-state index is -0.451. The van der Waals surface area contributed by atoms with Crippen LogP contribution in [-0.2, 0) is 13.0 Å². The zero-order valence-corrected chi connectivity index (χ0v) is 11.4. The zero-order chi connectivity index (χ0) is 13.7. The topological polar surface area (TPSA) is 61.4 Å². The van der Waals surface area contributed by atoms with Crippen LogP contribution in [0.25, 0.3) is 0 Å². The van der Waals surface area contributed by atoms with E-state index in [0.717, 1.165) is 25.9 Å². The monoisotopic (exact) mass is 262 g/mol. The van der Waals surface area contributed by atoms with Gasteiger partial charge in [-0.1, -0.05) is 19.4 Å². The van der Waals surface area contributed by atoms with Gasteiger partial charge in [0, 0.05) is 18.7 Å². The van der Waals surface area contributed by atoms with Crippen LogP contribution in [0.15, 0.2) is 18.2 Å². The number of carbonyl (C=O) groups excluding carboxylic acids is 1. The summed E-state index contributed by atoms with van der Waals surface area (Å²) in [6.07, 6.45) is 2.20. The fourth-order valence-corrected chi connectivity index (χ4v) is 2.37. The SMILES string of the molecule is CCCC(O)CNC(=O)c1ccc2c(c1)CNCC2. The Morgan fingerprint density at radius 3 is 3.11 bits per heavy atom. The summed E-state index contributed by atoms with van der Waals surface area (Å²) >= 11 is 0. The summed E-state index contributed by atoms with van der Waals surface area (Å²) in [7, 11) is 0. The molecule has 0 saturated carbocycles. The van der Waals surface area contributed by atoms with Crippen molar-refractivity contribution in [2.75, 3.05) is 13.1 Å². The van der Waals surface area contributed by atoms with E-state index >= 15 is 0 Å². The molecule has 1 amide bonds. The number of benzene rings is 1. The van der Waals surface area contributed by atoms with Crippen molar-refractivity contribution in [2.45, 2.75) is 38.8 Å². The first-order chi connectivity index (χ1) is 9.20. The predicted octanol–water partition coefficient (Wildman–Crippen LogP) is 1.22. The van der Waals surface area contributed by atoms with Crippen LogP contribution < -0.4 is 10.6 Å². The third-order valence-electron chi connectivity index (χ3n) is 3.48. The van der Waals surface area contributed by atoms with Crippen LogP contribution in [0, 0.1) is 0 Å². The van der Waals surface area contributed by atoms with E-state index in [1.165, 1.54) is 11.1 Å². The third kappa shape index (κ3) is 3.78. The van der Waals surface area contributed by atoms with Gasteiger partial charge in [0.2, 0.25) is 0 Å². The molecule has 19 heavy (non-hydrogen) atoms. The van der Waals surface area contributed by atoms with Crippen LogP contribution in [0.3, 0.4) is 0 Å². The molecule has 0 spiro atoms. The molecule has 0 radical (unpaired) electrons. The molecule has 0 aromatic heterocycles. The Kier molecular flexibility index (Phi) is 4.93. The highest BCUT2D eigenvalue weighted by atomic mass is 16.3. The van der Waals surface area contributed by atoms with Crippen LogP contribution >= 0.6 is 0 Å². The molecule has 4 heteroatoms. The smallest absolute Gasteiger partial charge is 0.251 e. The molecule has 0 saturated heterocycles. The van der Waals surface area contributed by atoms with Gasteiger partial charge in [-0.3, -0.25) is 4.79 Å². The first-order valence-electron chi connectivity index (χ1n) is 6.99. The Bertz CT molecular complexity index is 446. The van der Waals surface area contributed by atoms with Crippen molar-refractivity contribution >= 4 is 5.91 Å². The molecule has 0 fully saturated rings. The second-order valence-electron chi connectivity index (χ2n) is 5.06. The lowest BCUT2D eigenvalue weighted by atomic mass is 9.98. The van der Waals surface area contributed by atoms with E-state index in [2.05, 4.69) is 10.6 Å². The number of hydrogen-bond acceptors (Lipinski definition) is 3. The van der Waals surface area contributed by atoms with E-state index in [1.807, 2.05) is 25.1 Å². The van der Waals surface area contributed by atoms with E-state index in [1.54, 1.807) is 0 Å². The van der Waals surface area contributed by atoms with E-state index in [-0.39, 0.29) is 5.91 Å². The quantitative estimate of drug-likeness (QED) is 0.748. The molecule has 1 atom stereocenters. The molecule has 1 heterocycles. The van der Waals surface area contributed by atoms with Crippen molar-refractivity contribution in [3.8, 4) is 0 Å². The highest BCUT2D eigenvalue weighted by molar-refractivity contribution is 5.94. The minimum absolute atomic E-state index is 0.108. The largest absolute Gasteiger partial charge is 0.391 e. The second kappa shape index (κ2) is 6.68. The second-order valence-corrected chi connectivity index (χ2v) is 5.06. The molecule has 104 valence electrons. The average Bonchev–Trinajstić information content (AvgIpc) is 2.44. The Morgan fingerprint density at radius 1 is 1.47 bits per heavy atom. The van der Waals surface area contributed by atoms with Gasteiger partial charge < -0.3 is 15.7 Å². The number of hydrogen-bond donors (Lipinski definition) is 3. The highest BCUT2D eigenvalue weighted by Gasteiger charge is 2.13. The molecule has 0 bridgehead atoms. The first-order valence-corrected chi connectivity index (χ1v) is 6.99. The number of aliphatic hydroxyl groups is 1. The molecule has 2 rings (SSSR count). The number of rotatable bonds is 5. The maximum absolute atomic E-state index is 12.0. The Hall–Kier alpha value is -1.39. The predicted molar refractivity (Wildman–Crippen MR) is 75.1 cm³/mol. The van der Waals surface area contributed by atoms with Crippen LogP contribution in [-0.4, -0.2) is 30.2 Å². The summed E-state index contributed by atoms with van der Waals surface area (Å²) in [6, 6.07) is 5.85. The molecular weight excluding hydrogens is 240 g/mol.